The van der Waals surface area contributed by atoms with Crippen molar-refractivity contribution in [1.82, 2.24) is 9.78 Å². The Morgan fingerprint density at radius 3 is 2.65 bits per heavy atom. The number of anilines is 1. The van der Waals surface area contributed by atoms with Crippen molar-refractivity contribution >= 4 is 5.69 Å². The van der Waals surface area contributed by atoms with Crippen molar-refractivity contribution in [1.29, 1.82) is 0 Å². The minimum Gasteiger partial charge on any atom is -0.396 e. The van der Waals surface area contributed by atoms with E-state index in [1.807, 2.05) is 24.9 Å². The van der Waals surface area contributed by atoms with E-state index in [9.17, 15) is 5.11 Å². The third kappa shape index (κ3) is 2.80. The standard InChI is InChI=1S/C13H23N3O/c1-11-12(8-16(2)15-11)14-9-13(10-17)6-4-3-5-7-13/h8,14,17H,3-7,9-10H2,1-2H3. The van der Waals surface area contributed by atoms with Crippen molar-refractivity contribution in [3.8, 4) is 0 Å². The van der Waals surface area contributed by atoms with Crippen LogP contribution in [0.3, 0.4) is 0 Å². The van der Waals surface area contributed by atoms with E-state index in [0.717, 1.165) is 30.8 Å². The van der Waals surface area contributed by atoms with E-state index in [1.54, 1.807) is 0 Å². The number of nitrogens with zero attached hydrogens (tertiary/aromatic N) is 2. The lowest BCUT2D eigenvalue weighted by atomic mass is 9.74. The summed E-state index contributed by atoms with van der Waals surface area (Å²) in [7, 11) is 1.93. The van der Waals surface area contributed by atoms with E-state index < -0.39 is 0 Å². The molecule has 0 aromatic carbocycles. The second-order valence-corrected chi connectivity index (χ2v) is 5.37. The Morgan fingerprint density at radius 1 is 1.41 bits per heavy atom. The largest absolute Gasteiger partial charge is 0.396 e. The van der Waals surface area contributed by atoms with Crippen molar-refractivity contribution in [3.05, 3.63) is 11.9 Å². The molecule has 2 rings (SSSR count). The van der Waals surface area contributed by atoms with Gasteiger partial charge in [-0.05, 0) is 19.8 Å². The van der Waals surface area contributed by atoms with Gasteiger partial charge in [-0.1, -0.05) is 19.3 Å². The lowest BCUT2D eigenvalue weighted by Gasteiger charge is -2.35. The van der Waals surface area contributed by atoms with Gasteiger partial charge in [0.1, 0.15) is 0 Å². The van der Waals surface area contributed by atoms with Gasteiger partial charge in [0.25, 0.3) is 0 Å². The van der Waals surface area contributed by atoms with Crippen LogP contribution in [0.2, 0.25) is 0 Å². The summed E-state index contributed by atoms with van der Waals surface area (Å²) < 4.78 is 1.82. The van der Waals surface area contributed by atoms with Gasteiger partial charge < -0.3 is 10.4 Å². The number of hydrogen-bond acceptors (Lipinski definition) is 3. The maximum atomic E-state index is 9.63. The molecule has 1 fully saturated rings. The maximum absolute atomic E-state index is 9.63. The summed E-state index contributed by atoms with van der Waals surface area (Å²) in [5.41, 5.74) is 2.20. The van der Waals surface area contributed by atoms with E-state index in [0.29, 0.717) is 6.61 Å². The van der Waals surface area contributed by atoms with E-state index in [1.165, 1.54) is 19.3 Å². The Balaban J connectivity index is 1.98. The monoisotopic (exact) mass is 237 g/mol. The van der Waals surface area contributed by atoms with E-state index in [-0.39, 0.29) is 5.41 Å². The highest BCUT2D eigenvalue weighted by molar-refractivity contribution is 5.45. The zero-order valence-corrected chi connectivity index (χ0v) is 10.9. The van der Waals surface area contributed by atoms with E-state index in [2.05, 4.69) is 10.4 Å². The molecule has 1 aliphatic rings. The maximum Gasteiger partial charge on any atom is 0.0824 e. The Bertz CT molecular complexity index is 367. The second kappa shape index (κ2) is 5.08. The number of aromatic nitrogens is 2. The summed E-state index contributed by atoms with van der Waals surface area (Å²) in [4.78, 5) is 0. The van der Waals surface area contributed by atoms with Crippen molar-refractivity contribution in [2.75, 3.05) is 18.5 Å². The summed E-state index contributed by atoms with van der Waals surface area (Å²) >= 11 is 0. The first kappa shape index (κ1) is 12.4. The van der Waals surface area contributed by atoms with Crippen LogP contribution < -0.4 is 5.32 Å². The number of nitrogens with one attached hydrogen (secondary N) is 1. The zero-order chi connectivity index (χ0) is 12.3. The quantitative estimate of drug-likeness (QED) is 0.843. The van der Waals surface area contributed by atoms with Gasteiger partial charge >= 0.3 is 0 Å². The molecule has 0 amide bonds. The summed E-state index contributed by atoms with van der Waals surface area (Å²) in [5, 5.41) is 17.4. The molecule has 0 saturated heterocycles. The van der Waals surface area contributed by atoms with Gasteiger partial charge in [-0.3, -0.25) is 4.68 Å². The Morgan fingerprint density at radius 2 is 2.12 bits per heavy atom. The van der Waals surface area contributed by atoms with Gasteiger partial charge in [0.15, 0.2) is 0 Å². The van der Waals surface area contributed by atoms with Crippen LogP contribution in [0.5, 0.6) is 0 Å². The molecule has 0 radical (unpaired) electrons. The summed E-state index contributed by atoms with van der Waals surface area (Å²) in [6.07, 6.45) is 8.07. The second-order valence-electron chi connectivity index (χ2n) is 5.37. The minimum atomic E-state index is 0.0839. The average Bonchev–Trinajstić information content (AvgIpc) is 2.67. The van der Waals surface area contributed by atoms with Crippen molar-refractivity contribution in [2.45, 2.75) is 39.0 Å². The van der Waals surface area contributed by atoms with Crippen LogP contribution in [0.15, 0.2) is 6.20 Å². The molecule has 0 atom stereocenters. The molecule has 17 heavy (non-hydrogen) atoms. The molecule has 1 heterocycles. The van der Waals surface area contributed by atoms with Crippen molar-refractivity contribution < 1.29 is 5.11 Å². The molecule has 2 N–H and O–H groups in total. The Kier molecular flexibility index (Phi) is 3.72. The molecule has 1 saturated carbocycles. The van der Waals surface area contributed by atoms with E-state index >= 15 is 0 Å². The Hall–Kier alpha value is -1.03. The highest BCUT2D eigenvalue weighted by Crippen LogP contribution is 2.36. The summed E-state index contributed by atoms with van der Waals surface area (Å²) in [5.74, 6) is 0. The highest BCUT2D eigenvalue weighted by Gasteiger charge is 2.31. The molecule has 1 aromatic heterocycles. The first-order valence-electron chi connectivity index (χ1n) is 6.50. The van der Waals surface area contributed by atoms with Gasteiger partial charge in [-0.25, -0.2) is 0 Å². The fourth-order valence-electron chi connectivity index (χ4n) is 2.75. The predicted molar refractivity (Wildman–Crippen MR) is 69.0 cm³/mol. The van der Waals surface area contributed by atoms with Crippen LogP contribution in [0.1, 0.15) is 37.8 Å². The van der Waals surface area contributed by atoms with Crippen LogP contribution in [0.25, 0.3) is 0 Å². The molecule has 4 heteroatoms. The number of aliphatic hydroxyl groups excluding tert-OH is 1. The highest BCUT2D eigenvalue weighted by atomic mass is 16.3. The molecular formula is C13H23N3O. The zero-order valence-electron chi connectivity index (χ0n) is 10.9. The van der Waals surface area contributed by atoms with Crippen LogP contribution in [0, 0.1) is 12.3 Å². The van der Waals surface area contributed by atoms with Crippen molar-refractivity contribution in [3.63, 3.8) is 0 Å². The molecule has 0 spiro atoms. The molecule has 0 aliphatic heterocycles. The van der Waals surface area contributed by atoms with Gasteiger partial charge in [0, 0.05) is 25.2 Å². The summed E-state index contributed by atoms with van der Waals surface area (Å²) in [6, 6.07) is 0. The average molecular weight is 237 g/mol. The van der Waals surface area contributed by atoms with Crippen LogP contribution in [0.4, 0.5) is 5.69 Å². The molecule has 0 unspecified atom stereocenters. The SMILES string of the molecule is Cc1nn(C)cc1NCC1(CO)CCCCC1. The lowest BCUT2D eigenvalue weighted by molar-refractivity contribution is 0.0944. The third-order valence-electron chi connectivity index (χ3n) is 3.92. The smallest absolute Gasteiger partial charge is 0.0824 e. The normalized spacial score (nSPS) is 19.2. The molecular weight excluding hydrogens is 214 g/mol. The van der Waals surface area contributed by atoms with E-state index in [4.69, 9.17) is 0 Å². The van der Waals surface area contributed by atoms with Gasteiger partial charge in [-0.15, -0.1) is 0 Å². The number of aliphatic hydroxyl groups is 1. The fraction of sp³-hybridized carbons (Fsp3) is 0.769. The minimum absolute atomic E-state index is 0.0839. The summed E-state index contributed by atoms with van der Waals surface area (Å²) in [6.45, 7) is 3.16. The molecule has 1 aliphatic carbocycles. The van der Waals surface area contributed by atoms with Gasteiger partial charge in [-0.2, -0.15) is 5.10 Å². The lowest BCUT2D eigenvalue weighted by Crippen LogP contribution is -2.35. The number of rotatable bonds is 4. The van der Waals surface area contributed by atoms with Crippen LogP contribution in [-0.4, -0.2) is 28.0 Å². The number of hydrogen-bond donors (Lipinski definition) is 2. The third-order valence-corrected chi connectivity index (χ3v) is 3.92. The first-order valence-corrected chi connectivity index (χ1v) is 6.50. The van der Waals surface area contributed by atoms with Crippen LogP contribution in [-0.2, 0) is 7.05 Å². The Labute approximate surface area is 103 Å². The molecule has 1 aromatic rings. The van der Waals surface area contributed by atoms with Gasteiger partial charge in [0.05, 0.1) is 18.0 Å². The topological polar surface area (TPSA) is 50.1 Å². The van der Waals surface area contributed by atoms with Crippen LogP contribution >= 0.6 is 0 Å². The van der Waals surface area contributed by atoms with Crippen molar-refractivity contribution in [2.24, 2.45) is 12.5 Å². The molecule has 4 nitrogen and oxygen atoms in total. The molecule has 0 bridgehead atoms. The first-order chi connectivity index (χ1) is 8.15. The molecule has 96 valence electrons. The fourth-order valence-corrected chi connectivity index (χ4v) is 2.75. The van der Waals surface area contributed by atoms with Gasteiger partial charge in [0.2, 0.25) is 0 Å². The number of aryl methyl sites for hydroxylation is 2. The predicted octanol–water partition coefficient (Wildman–Crippen LogP) is 2.08.